The van der Waals surface area contributed by atoms with Crippen molar-refractivity contribution in [3.8, 4) is 0 Å². The van der Waals surface area contributed by atoms with Gasteiger partial charge in [0, 0.05) is 18.0 Å². The maximum atomic E-state index is 12.1. The molecule has 2 heterocycles. The molecule has 2 aliphatic rings. The minimum Gasteiger partial charge on any atom is -0.478 e. The number of aromatic carboxylic acids is 1. The molecule has 0 bridgehead atoms. The molecule has 0 spiro atoms. The highest BCUT2D eigenvalue weighted by atomic mass is 16.4. The van der Waals surface area contributed by atoms with Crippen LogP contribution in [0, 0.1) is 5.92 Å². The first kappa shape index (κ1) is 12.9. The molecule has 1 atom stereocenters. The molecule has 0 amide bonds. The molecule has 2 N–H and O–H groups in total. The summed E-state index contributed by atoms with van der Waals surface area (Å²) in [5.74, 6) is -3.78. The second-order valence-electron chi connectivity index (χ2n) is 4.53. The Kier molecular flexibility index (Phi) is 2.76. The molecule has 0 radical (unpaired) electrons. The summed E-state index contributed by atoms with van der Waals surface area (Å²) in [6.45, 7) is 0. The fourth-order valence-electron chi connectivity index (χ4n) is 2.26. The van der Waals surface area contributed by atoms with E-state index in [1.54, 1.807) is 6.08 Å². The summed E-state index contributed by atoms with van der Waals surface area (Å²) in [6.07, 6.45) is 5.25. The van der Waals surface area contributed by atoms with E-state index in [0.717, 1.165) is 6.20 Å². The van der Waals surface area contributed by atoms with Crippen molar-refractivity contribution >= 4 is 29.5 Å². The maximum absolute atomic E-state index is 12.1. The molecule has 1 aromatic rings. The van der Waals surface area contributed by atoms with E-state index < -0.39 is 23.6 Å². The third kappa shape index (κ3) is 1.95. The normalized spacial score (nSPS) is 19.2. The number of carboxylic acid groups (broad SMARTS) is 2. The Morgan fingerprint density at radius 2 is 1.95 bits per heavy atom. The van der Waals surface area contributed by atoms with Gasteiger partial charge < -0.3 is 10.2 Å². The number of nitrogens with zero attached hydrogens (tertiary/aromatic N) is 2. The fraction of sp³-hybridized carbons (Fsp3) is 0.0714. The van der Waals surface area contributed by atoms with Crippen LogP contribution in [-0.4, -0.2) is 38.6 Å². The number of aliphatic carboxylic acids is 1. The summed E-state index contributed by atoms with van der Waals surface area (Å²) in [6, 6.07) is 1.43. The van der Waals surface area contributed by atoms with Crippen molar-refractivity contribution in [1.29, 1.82) is 0 Å². The minimum atomic E-state index is -1.32. The van der Waals surface area contributed by atoms with Crippen LogP contribution in [0.2, 0.25) is 0 Å². The van der Waals surface area contributed by atoms with E-state index in [1.807, 2.05) is 0 Å². The molecule has 1 aromatic heterocycles. The molecule has 7 nitrogen and oxygen atoms in total. The van der Waals surface area contributed by atoms with Crippen molar-refractivity contribution in [2.75, 3.05) is 0 Å². The molecule has 1 aliphatic carbocycles. The van der Waals surface area contributed by atoms with E-state index in [9.17, 15) is 14.4 Å². The van der Waals surface area contributed by atoms with Gasteiger partial charge in [-0.3, -0.25) is 14.8 Å². The van der Waals surface area contributed by atoms with Gasteiger partial charge in [-0.1, -0.05) is 12.2 Å². The van der Waals surface area contributed by atoms with Crippen molar-refractivity contribution in [3.63, 3.8) is 0 Å². The lowest BCUT2D eigenvalue weighted by Crippen LogP contribution is -2.32. The van der Waals surface area contributed by atoms with Gasteiger partial charge in [0.1, 0.15) is 5.57 Å². The number of allylic oxidation sites excluding steroid dienone is 1. The van der Waals surface area contributed by atoms with Crippen LogP contribution in [0.15, 0.2) is 35.1 Å². The summed E-state index contributed by atoms with van der Waals surface area (Å²) in [4.78, 5) is 42.0. The zero-order valence-corrected chi connectivity index (χ0v) is 10.5. The van der Waals surface area contributed by atoms with Crippen LogP contribution < -0.4 is 0 Å². The van der Waals surface area contributed by atoms with Crippen LogP contribution in [0.4, 0.5) is 0 Å². The summed E-state index contributed by atoms with van der Waals surface area (Å²) >= 11 is 0. The molecule has 104 valence electrons. The number of carbonyl (C=O) groups excluding carboxylic acids is 1. The highest BCUT2D eigenvalue weighted by Gasteiger charge is 2.35. The molecule has 0 aromatic carbocycles. The SMILES string of the molecule is O=C(O)C1=CN=C2c3ncc(C(=O)O)cc3C=CC2C1=O. The third-order valence-electron chi connectivity index (χ3n) is 3.28. The Bertz CT molecular complexity index is 789. The van der Waals surface area contributed by atoms with Gasteiger partial charge in [0.05, 0.1) is 22.9 Å². The van der Waals surface area contributed by atoms with Gasteiger partial charge in [-0.2, -0.15) is 0 Å². The molecule has 7 heteroatoms. The second-order valence-corrected chi connectivity index (χ2v) is 4.53. The Morgan fingerprint density at radius 1 is 1.19 bits per heavy atom. The number of aromatic nitrogens is 1. The zero-order valence-electron chi connectivity index (χ0n) is 10.5. The number of ketones is 1. The predicted octanol–water partition coefficient (Wildman–Crippen LogP) is 0.763. The van der Waals surface area contributed by atoms with Crippen LogP contribution in [0.25, 0.3) is 6.08 Å². The minimum absolute atomic E-state index is 0.0290. The van der Waals surface area contributed by atoms with Crippen LogP contribution in [0.3, 0.4) is 0 Å². The molecule has 0 saturated heterocycles. The molecule has 3 rings (SSSR count). The standard InChI is InChI=1S/C14H8N2O5/c17-12-8-2-1-6-3-7(13(18)19)4-15-10(6)11(8)16-5-9(12)14(20)21/h1-5,8H,(H,18,19)(H,20,21). The fourth-order valence-corrected chi connectivity index (χ4v) is 2.26. The molecule has 1 aliphatic heterocycles. The monoisotopic (exact) mass is 284 g/mol. The number of hydrogen-bond acceptors (Lipinski definition) is 5. The van der Waals surface area contributed by atoms with Gasteiger partial charge in [-0.15, -0.1) is 0 Å². The van der Waals surface area contributed by atoms with E-state index in [2.05, 4.69) is 9.98 Å². The van der Waals surface area contributed by atoms with Gasteiger partial charge >= 0.3 is 11.9 Å². The first-order valence-electron chi connectivity index (χ1n) is 5.96. The van der Waals surface area contributed by atoms with Gasteiger partial charge in [0.15, 0.2) is 5.78 Å². The van der Waals surface area contributed by atoms with Gasteiger partial charge in [0.2, 0.25) is 0 Å². The summed E-state index contributed by atoms with van der Waals surface area (Å²) < 4.78 is 0. The molecule has 0 fully saturated rings. The van der Waals surface area contributed by atoms with Crippen LogP contribution >= 0.6 is 0 Å². The van der Waals surface area contributed by atoms with Crippen LogP contribution in [0.5, 0.6) is 0 Å². The Morgan fingerprint density at radius 3 is 2.62 bits per heavy atom. The Hall–Kier alpha value is -3.09. The smallest absolute Gasteiger partial charge is 0.340 e. The summed E-state index contributed by atoms with van der Waals surface area (Å²) in [7, 11) is 0. The lowest BCUT2D eigenvalue weighted by atomic mass is 9.84. The highest BCUT2D eigenvalue weighted by molar-refractivity contribution is 6.29. The van der Waals surface area contributed by atoms with E-state index >= 15 is 0 Å². The van der Waals surface area contributed by atoms with Gasteiger partial charge in [-0.25, -0.2) is 9.59 Å². The van der Waals surface area contributed by atoms with Crippen LogP contribution in [0.1, 0.15) is 21.6 Å². The predicted molar refractivity (Wildman–Crippen MR) is 71.0 cm³/mol. The average Bonchev–Trinajstić information content (AvgIpc) is 2.46. The number of hydrogen-bond donors (Lipinski definition) is 2. The number of Topliss-reactive ketones (excluding diaryl/α,β-unsaturated/α-hetero) is 1. The molecular weight excluding hydrogens is 276 g/mol. The molecule has 0 saturated carbocycles. The number of carbonyl (C=O) groups is 3. The van der Waals surface area contributed by atoms with E-state index in [1.165, 1.54) is 18.3 Å². The number of carboxylic acids is 2. The molecule has 1 unspecified atom stereocenters. The number of rotatable bonds is 2. The summed E-state index contributed by atoms with van der Waals surface area (Å²) in [5, 5.41) is 17.9. The van der Waals surface area contributed by atoms with Crippen molar-refractivity contribution < 1.29 is 24.6 Å². The van der Waals surface area contributed by atoms with E-state index in [-0.39, 0.29) is 11.1 Å². The van der Waals surface area contributed by atoms with E-state index in [4.69, 9.17) is 10.2 Å². The highest BCUT2D eigenvalue weighted by Crippen LogP contribution is 2.28. The maximum Gasteiger partial charge on any atom is 0.340 e. The number of fused-ring (bicyclic) bond motifs is 3. The average molecular weight is 284 g/mol. The van der Waals surface area contributed by atoms with Crippen LogP contribution in [-0.2, 0) is 9.59 Å². The third-order valence-corrected chi connectivity index (χ3v) is 3.28. The number of aliphatic imine (C=N–C) groups is 1. The second kappa shape index (κ2) is 4.48. The first-order valence-corrected chi connectivity index (χ1v) is 5.96. The Balaban J connectivity index is 2.13. The first-order chi connectivity index (χ1) is 9.99. The van der Waals surface area contributed by atoms with Gasteiger partial charge in [0.25, 0.3) is 0 Å². The largest absolute Gasteiger partial charge is 0.478 e. The molecular formula is C14H8N2O5. The van der Waals surface area contributed by atoms with E-state index in [0.29, 0.717) is 17.0 Å². The summed E-state index contributed by atoms with van der Waals surface area (Å²) in [5.41, 5.74) is 0.909. The molecule has 21 heavy (non-hydrogen) atoms. The number of pyridine rings is 1. The Labute approximate surface area is 118 Å². The van der Waals surface area contributed by atoms with Gasteiger partial charge in [-0.05, 0) is 6.07 Å². The quantitative estimate of drug-likeness (QED) is 0.774. The van der Waals surface area contributed by atoms with Crippen molar-refractivity contribution in [3.05, 3.63) is 46.9 Å². The lowest BCUT2D eigenvalue weighted by Gasteiger charge is -2.22. The van der Waals surface area contributed by atoms with Crippen molar-refractivity contribution in [1.82, 2.24) is 4.98 Å². The lowest BCUT2D eigenvalue weighted by molar-refractivity contribution is -0.134. The zero-order chi connectivity index (χ0) is 15.1. The topological polar surface area (TPSA) is 117 Å². The van der Waals surface area contributed by atoms with Crippen molar-refractivity contribution in [2.45, 2.75) is 0 Å². The van der Waals surface area contributed by atoms with Crippen molar-refractivity contribution in [2.24, 2.45) is 10.9 Å².